The molecule has 5 heteroatoms. The Morgan fingerprint density at radius 1 is 0.913 bits per heavy atom. The van der Waals surface area contributed by atoms with Gasteiger partial charge in [-0.2, -0.15) is 0 Å². The molecule has 1 aromatic heterocycles. The first-order valence-electron chi connectivity index (χ1n) is 6.98. The number of hydrogen-bond acceptors (Lipinski definition) is 2. The molecule has 0 spiro atoms. The summed E-state index contributed by atoms with van der Waals surface area (Å²) in [6.07, 6.45) is 1.60. The number of hydrogen-bond donors (Lipinski definition) is 1. The summed E-state index contributed by atoms with van der Waals surface area (Å²) in [7, 11) is 0. The van der Waals surface area contributed by atoms with E-state index in [9.17, 15) is 9.59 Å². The quantitative estimate of drug-likeness (QED) is 0.798. The van der Waals surface area contributed by atoms with Crippen molar-refractivity contribution in [3.8, 4) is 5.69 Å². The summed E-state index contributed by atoms with van der Waals surface area (Å²) in [6.45, 7) is 0. The van der Waals surface area contributed by atoms with Crippen molar-refractivity contribution >= 4 is 23.2 Å². The molecule has 2 aromatic carbocycles. The second-order valence-electron chi connectivity index (χ2n) is 4.92. The number of carbonyl (C=O) groups is 1. The predicted octanol–water partition coefficient (Wildman–Crippen LogP) is 3.74. The third-order valence-corrected chi connectivity index (χ3v) is 3.56. The zero-order valence-corrected chi connectivity index (χ0v) is 12.8. The number of pyridine rings is 1. The largest absolute Gasteiger partial charge is 0.321 e. The molecule has 4 nitrogen and oxygen atoms in total. The highest BCUT2D eigenvalue weighted by Gasteiger charge is 2.07. The van der Waals surface area contributed by atoms with Gasteiger partial charge >= 0.3 is 0 Å². The van der Waals surface area contributed by atoms with Crippen molar-refractivity contribution in [2.45, 2.75) is 0 Å². The number of para-hydroxylation sites is 1. The molecular weight excluding hydrogens is 312 g/mol. The maximum Gasteiger partial charge on any atom is 0.255 e. The summed E-state index contributed by atoms with van der Waals surface area (Å²) in [5.74, 6) is -0.264. The highest BCUT2D eigenvalue weighted by Crippen LogP contribution is 2.13. The summed E-state index contributed by atoms with van der Waals surface area (Å²) in [4.78, 5) is 24.2. The van der Waals surface area contributed by atoms with Crippen LogP contribution in [0.25, 0.3) is 5.69 Å². The van der Waals surface area contributed by atoms with Crippen molar-refractivity contribution in [1.29, 1.82) is 0 Å². The lowest BCUT2D eigenvalue weighted by Gasteiger charge is -2.09. The molecule has 3 rings (SSSR count). The monoisotopic (exact) mass is 324 g/mol. The number of nitrogens with one attached hydrogen (secondary N) is 1. The van der Waals surface area contributed by atoms with Crippen molar-refractivity contribution < 1.29 is 4.79 Å². The smallest absolute Gasteiger partial charge is 0.255 e. The minimum atomic E-state index is -0.264. The van der Waals surface area contributed by atoms with E-state index in [1.54, 1.807) is 36.5 Å². The Balaban J connectivity index is 1.88. The average Bonchev–Trinajstić information content (AvgIpc) is 2.58. The van der Waals surface area contributed by atoms with Crippen LogP contribution < -0.4 is 10.9 Å². The molecule has 0 bridgehead atoms. The van der Waals surface area contributed by atoms with Gasteiger partial charge in [0.15, 0.2) is 0 Å². The normalized spacial score (nSPS) is 10.3. The number of anilines is 1. The number of aromatic nitrogens is 1. The lowest BCUT2D eigenvalue weighted by atomic mass is 10.2. The molecule has 3 aromatic rings. The molecule has 0 aliphatic heterocycles. The molecule has 0 atom stereocenters. The van der Waals surface area contributed by atoms with Gasteiger partial charge in [0.05, 0.1) is 5.69 Å². The predicted molar refractivity (Wildman–Crippen MR) is 91.4 cm³/mol. The third kappa shape index (κ3) is 3.49. The van der Waals surface area contributed by atoms with E-state index >= 15 is 0 Å². The number of halogens is 1. The van der Waals surface area contributed by atoms with Gasteiger partial charge < -0.3 is 5.32 Å². The molecule has 1 amide bonds. The standard InChI is InChI=1S/C18H13ClN2O2/c19-14-8-6-13(7-9-14)18(23)20-15-10-11-17(22)21(12-15)16-4-2-1-3-5-16/h1-12H,(H,20,23). The van der Waals surface area contributed by atoms with Crippen LogP contribution in [0.1, 0.15) is 10.4 Å². The van der Waals surface area contributed by atoms with E-state index in [1.807, 2.05) is 30.3 Å². The van der Waals surface area contributed by atoms with Gasteiger partial charge in [-0.25, -0.2) is 0 Å². The van der Waals surface area contributed by atoms with Crippen molar-refractivity contribution in [2.75, 3.05) is 5.32 Å². The van der Waals surface area contributed by atoms with Gasteiger partial charge in [-0.15, -0.1) is 0 Å². The molecule has 114 valence electrons. The van der Waals surface area contributed by atoms with E-state index in [4.69, 9.17) is 11.6 Å². The van der Waals surface area contributed by atoms with Crippen molar-refractivity contribution in [3.05, 3.63) is 93.9 Å². The number of carbonyl (C=O) groups excluding carboxylic acids is 1. The molecule has 0 saturated heterocycles. The van der Waals surface area contributed by atoms with Crippen LogP contribution in [0.5, 0.6) is 0 Å². The highest BCUT2D eigenvalue weighted by molar-refractivity contribution is 6.30. The molecule has 0 saturated carbocycles. The summed E-state index contributed by atoms with van der Waals surface area (Å²) < 4.78 is 1.48. The Labute approximate surface area is 138 Å². The van der Waals surface area contributed by atoms with E-state index in [-0.39, 0.29) is 11.5 Å². The van der Waals surface area contributed by atoms with Crippen LogP contribution in [0, 0.1) is 0 Å². The summed E-state index contributed by atoms with van der Waals surface area (Å²) in [5, 5.41) is 3.34. The lowest BCUT2D eigenvalue weighted by molar-refractivity contribution is 0.102. The Hall–Kier alpha value is -2.85. The van der Waals surface area contributed by atoms with Gasteiger partial charge in [-0.3, -0.25) is 14.2 Å². The van der Waals surface area contributed by atoms with E-state index in [1.165, 1.54) is 10.6 Å². The maximum atomic E-state index is 12.2. The molecular formula is C18H13ClN2O2. The molecule has 0 unspecified atom stereocenters. The minimum absolute atomic E-state index is 0.166. The summed E-state index contributed by atoms with van der Waals surface area (Å²) in [5.41, 5.74) is 1.60. The van der Waals surface area contributed by atoms with Crippen LogP contribution in [-0.4, -0.2) is 10.5 Å². The van der Waals surface area contributed by atoms with Crippen LogP contribution >= 0.6 is 11.6 Å². The molecule has 23 heavy (non-hydrogen) atoms. The van der Waals surface area contributed by atoms with E-state index < -0.39 is 0 Å². The fourth-order valence-corrected chi connectivity index (χ4v) is 2.28. The topological polar surface area (TPSA) is 51.1 Å². The first-order valence-corrected chi connectivity index (χ1v) is 7.36. The van der Waals surface area contributed by atoms with E-state index in [2.05, 4.69) is 5.32 Å². The Morgan fingerprint density at radius 2 is 1.61 bits per heavy atom. The molecule has 0 radical (unpaired) electrons. The highest BCUT2D eigenvalue weighted by atomic mass is 35.5. The van der Waals surface area contributed by atoms with Crippen LogP contribution in [0.4, 0.5) is 5.69 Å². The van der Waals surface area contributed by atoms with Crippen LogP contribution in [-0.2, 0) is 0 Å². The van der Waals surface area contributed by atoms with Gasteiger partial charge in [-0.1, -0.05) is 29.8 Å². The number of benzene rings is 2. The molecule has 0 aliphatic rings. The van der Waals surface area contributed by atoms with Crippen LogP contribution in [0.3, 0.4) is 0 Å². The zero-order valence-electron chi connectivity index (χ0n) is 12.1. The van der Waals surface area contributed by atoms with E-state index in [0.717, 1.165) is 5.69 Å². The van der Waals surface area contributed by atoms with Gasteiger partial charge in [-0.05, 0) is 42.5 Å². The molecule has 1 heterocycles. The van der Waals surface area contributed by atoms with Crippen molar-refractivity contribution in [2.24, 2.45) is 0 Å². The fraction of sp³-hybridized carbons (Fsp3) is 0. The van der Waals surface area contributed by atoms with E-state index in [0.29, 0.717) is 16.3 Å². The zero-order chi connectivity index (χ0) is 16.2. The summed E-state index contributed by atoms with van der Waals surface area (Å²) >= 11 is 5.81. The van der Waals surface area contributed by atoms with Crippen LogP contribution in [0.15, 0.2) is 77.7 Å². The average molecular weight is 325 g/mol. The minimum Gasteiger partial charge on any atom is -0.321 e. The van der Waals surface area contributed by atoms with Gasteiger partial charge in [0.1, 0.15) is 0 Å². The van der Waals surface area contributed by atoms with Gasteiger partial charge in [0.25, 0.3) is 11.5 Å². The molecule has 0 fully saturated rings. The number of amides is 1. The van der Waals surface area contributed by atoms with Crippen molar-refractivity contribution in [1.82, 2.24) is 4.57 Å². The Bertz CT molecular complexity index is 887. The number of nitrogens with zero attached hydrogens (tertiary/aromatic N) is 1. The Morgan fingerprint density at radius 3 is 2.30 bits per heavy atom. The molecule has 1 N–H and O–H groups in total. The SMILES string of the molecule is O=C(Nc1ccc(=O)n(-c2ccccc2)c1)c1ccc(Cl)cc1. The van der Waals surface area contributed by atoms with Gasteiger partial charge in [0.2, 0.25) is 0 Å². The van der Waals surface area contributed by atoms with Crippen LogP contribution in [0.2, 0.25) is 5.02 Å². The summed E-state index contributed by atoms with van der Waals surface area (Å²) in [6, 6.07) is 18.8. The third-order valence-electron chi connectivity index (χ3n) is 3.31. The first-order chi connectivity index (χ1) is 11.1. The Kier molecular flexibility index (Phi) is 4.26. The molecule has 0 aliphatic carbocycles. The fourth-order valence-electron chi connectivity index (χ4n) is 2.16. The first kappa shape index (κ1) is 15.1. The lowest BCUT2D eigenvalue weighted by Crippen LogP contribution is -2.19. The van der Waals surface area contributed by atoms with Gasteiger partial charge in [0, 0.05) is 28.5 Å². The van der Waals surface area contributed by atoms with Crippen molar-refractivity contribution in [3.63, 3.8) is 0 Å². The second kappa shape index (κ2) is 6.50. The second-order valence-corrected chi connectivity index (χ2v) is 5.36. The number of rotatable bonds is 3. The maximum absolute atomic E-state index is 12.2.